The van der Waals surface area contributed by atoms with Gasteiger partial charge in [0.1, 0.15) is 5.82 Å². The van der Waals surface area contributed by atoms with Crippen molar-refractivity contribution in [2.45, 2.75) is 40.0 Å². The summed E-state index contributed by atoms with van der Waals surface area (Å²) in [6, 6.07) is 3.18. The number of pyridine rings is 1. The summed E-state index contributed by atoms with van der Waals surface area (Å²) in [5.41, 5.74) is 1.04. The predicted octanol–water partition coefficient (Wildman–Crippen LogP) is 3.38. The van der Waals surface area contributed by atoms with Crippen LogP contribution in [0.4, 0.5) is 5.82 Å². The summed E-state index contributed by atoms with van der Waals surface area (Å²) < 4.78 is 5.51. The number of nitrogens with one attached hydrogen (secondary N) is 1. The zero-order chi connectivity index (χ0) is 15.8. The molecule has 1 heterocycles. The molecule has 0 amide bonds. The Morgan fingerprint density at radius 1 is 1.29 bits per heavy atom. The third-order valence-corrected chi connectivity index (χ3v) is 3.08. The highest BCUT2D eigenvalue weighted by Crippen LogP contribution is 2.17. The third-order valence-electron chi connectivity index (χ3n) is 3.08. The average molecular weight is 294 g/mol. The minimum atomic E-state index is -0.935. The van der Waals surface area contributed by atoms with E-state index in [0.717, 1.165) is 18.7 Å². The molecule has 0 bridgehead atoms. The lowest BCUT2D eigenvalue weighted by Crippen LogP contribution is -2.13. The van der Waals surface area contributed by atoms with Crippen LogP contribution < -0.4 is 5.32 Å². The van der Waals surface area contributed by atoms with Crippen molar-refractivity contribution in [2.24, 2.45) is 5.92 Å². The van der Waals surface area contributed by atoms with E-state index in [1.807, 2.05) is 13.8 Å². The maximum Gasteiger partial charge on any atom is 0.335 e. The number of nitrogens with zero attached hydrogens (tertiary/aromatic N) is 1. The highest BCUT2D eigenvalue weighted by atomic mass is 16.5. The number of ether oxygens (including phenoxy) is 1. The number of aromatic carboxylic acids is 1. The van der Waals surface area contributed by atoms with Gasteiger partial charge in [0.05, 0.1) is 12.2 Å². The van der Waals surface area contributed by atoms with Crippen LogP contribution in [-0.2, 0) is 4.74 Å². The summed E-state index contributed by atoms with van der Waals surface area (Å²) in [4.78, 5) is 15.6. The lowest BCUT2D eigenvalue weighted by molar-refractivity contribution is 0.0696. The molecule has 0 aliphatic heterocycles. The number of carbonyl (C=O) groups is 1. The fourth-order valence-electron chi connectivity index (χ4n) is 1.73. The number of anilines is 1. The number of carboxylic acid groups (broad SMARTS) is 1. The van der Waals surface area contributed by atoms with Crippen LogP contribution in [0.25, 0.3) is 0 Å². The molecular weight excluding hydrogens is 268 g/mol. The van der Waals surface area contributed by atoms with Gasteiger partial charge < -0.3 is 15.2 Å². The normalized spacial score (nSPS) is 11.1. The number of hydrogen-bond donors (Lipinski definition) is 2. The van der Waals surface area contributed by atoms with E-state index in [4.69, 9.17) is 9.84 Å². The van der Waals surface area contributed by atoms with Gasteiger partial charge in [-0.1, -0.05) is 27.7 Å². The van der Waals surface area contributed by atoms with E-state index in [1.165, 1.54) is 0 Å². The smallest absolute Gasteiger partial charge is 0.335 e. The topological polar surface area (TPSA) is 71.5 Å². The van der Waals surface area contributed by atoms with Crippen molar-refractivity contribution < 1.29 is 14.6 Å². The van der Waals surface area contributed by atoms with Crippen molar-refractivity contribution in [3.05, 3.63) is 23.4 Å². The fourth-order valence-corrected chi connectivity index (χ4v) is 1.73. The Morgan fingerprint density at radius 2 is 2.00 bits per heavy atom. The van der Waals surface area contributed by atoms with Crippen LogP contribution >= 0.6 is 0 Å². The van der Waals surface area contributed by atoms with E-state index in [1.54, 1.807) is 12.1 Å². The van der Waals surface area contributed by atoms with Gasteiger partial charge in [-0.25, -0.2) is 9.78 Å². The average Bonchev–Trinajstić information content (AvgIpc) is 2.41. The summed E-state index contributed by atoms with van der Waals surface area (Å²) in [7, 11) is 0. The highest BCUT2D eigenvalue weighted by molar-refractivity contribution is 5.88. The fraction of sp³-hybridized carbons (Fsp3) is 0.625. The van der Waals surface area contributed by atoms with E-state index < -0.39 is 5.97 Å². The lowest BCUT2D eigenvalue weighted by Gasteiger charge is -2.11. The second kappa shape index (κ2) is 8.62. The molecule has 0 fully saturated rings. The molecule has 21 heavy (non-hydrogen) atoms. The largest absolute Gasteiger partial charge is 0.478 e. The molecule has 0 saturated carbocycles. The molecule has 1 aromatic rings. The molecular formula is C16H26N2O3. The van der Waals surface area contributed by atoms with Crippen LogP contribution in [0.3, 0.4) is 0 Å². The molecule has 0 aromatic carbocycles. The zero-order valence-electron chi connectivity index (χ0n) is 13.3. The van der Waals surface area contributed by atoms with Gasteiger partial charge in [-0.15, -0.1) is 0 Å². The second-order valence-corrected chi connectivity index (χ2v) is 5.85. The van der Waals surface area contributed by atoms with Crippen LogP contribution in [0, 0.1) is 5.92 Å². The molecule has 0 saturated heterocycles. The van der Waals surface area contributed by atoms with E-state index >= 15 is 0 Å². The first-order valence-electron chi connectivity index (χ1n) is 7.47. The van der Waals surface area contributed by atoms with Gasteiger partial charge in [0.15, 0.2) is 0 Å². The van der Waals surface area contributed by atoms with Crippen LogP contribution in [-0.4, -0.2) is 35.8 Å². The molecule has 0 spiro atoms. The molecule has 2 N–H and O–H groups in total. The van der Waals surface area contributed by atoms with Crippen molar-refractivity contribution in [1.29, 1.82) is 0 Å². The summed E-state index contributed by atoms with van der Waals surface area (Å²) in [6.07, 6.45) is 1.05. The number of rotatable bonds is 9. The molecule has 5 heteroatoms. The van der Waals surface area contributed by atoms with Crippen molar-refractivity contribution in [1.82, 2.24) is 4.98 Å². The van der Waals surface area contributed by atoms with Crippen LogP contribution in [0.2, 0.25) is 0 Å². The molecule has 1 aromatic heterocycles. The SMILES string of the molecule is CC(C)CCOCCNc1cc(C(=O)O)cc(C(C)C)n1. The molecule has 0 radical (unpaired) electrons. The molecule has 0 unspecified atom stereocenters. The first-order chi connectivity index (χ1) is 9.90. The van der Waals surface area contributed by atoms with Gasteiger partial charge in [-0.2, -0.15) is 0 Å². The first-order valence-corrected chi connectivity index (χ1v) is 7.47. The maximum atomic E-state index is 11.1. The lowest BCUT2D eigenvalue weighted by atomic mass is 10.1. The minimum Gasteiger partial charge on any atom is -0.478 e. The number of aromatic nitrogens is 1. The molecule has 5 nitrogen and oxygen atoms in total. The Morgan fingerprint density at radius 3 is 2.57 bits per heavy atom. The van der Waals surface area contributed by atoms with Gasteiger partial charge >= 0.3 is 5.97 Å². The maximum absolute atomic E-state index is 11.1. The van der Waals surface area contributed by atoms with Crippen LogP contribution in [0.1, 0.15) is 56.1 Å². The van der Waals surface area contributed by atoms with Gasteiger partial charge in [-0.05, 0) is 30.4 Å². The molecule has 0 atom stereocenters. The first kappa shape index (κ1) is 17.4. The molecule has 118 valence electrons. The molecule has 0 aliphatic rings. The third kappa shape index (κ3) is 6.58. The van der Waals surface area contributed by atoms with Gasteiger partial charge in [-0.3, -0.25) is 0 Å². The van der Waals surface area contributed by atoms with E-state index in [9.17, 15) is 4.79 Å². The van der Waals surface area contributed by atoms with E-state index in [2.05, 4.69) is 24.1 Å². The Balaban J connectivity index is 2.52. The van der Waals surface area contributed by atoms with Gasteiger partial charge in [0.25, 0.3) is 0 Å². The standard InChI is InChI=1S/C16H26N2O3/c1-11(2)5-7-21-8-6-17-15-10-13(16(19)20)9-14(18-15)12(3)4/h9-12H,5-8H2,1-4H3,(H,17,18)(H,19,20). The Hall–Kier alpha value is -1.62. The van der Waals surface area contributed by atoms with E-state index in [-0.39, 0.29) is 11.5 Å². The van der Waals surface area contributed by atoms with Crippen molar-refractivity contribution in [3.63, 3.8) is 0 Å². The predicted molar refractivity (Wildman–Crippen MR) is 84.0 cm³/mol. The van der Waals surface area contributed by atoms with Crippen molar-refractivity contribution in [2.75, 3.05) is 25.1 Å². The zero-order valence-corrected chi connectivity index (χ0v) is 13.3. The summed E-state index contributed by atoms with van der Waals surface area (Å²) in [5, 5.41) is 12.3. The Kier molecular flexibility index (Phi) is 7.15. The van der Waals surface area contributed by atoms with Crippen molar-refractivity contribution >= 4 is 11.8 Å². The highest BCUT2D eigenvalue weighted by Gasteiger charge is 2.10. The minimum absolute atomic E-state index is 0.187. The summed E-state index contributed by atoms with van der Waals surface area (Å²) in [6.45, 7) is 10.3. The summed E-state index contributed by atoms with van der Waals surface area (Å²) >= 11 is 0. The van der Waals surface area contributed by atoms with Crippen LogP contribution in [0.5, 0.6) is 0 Å². The summed E-state index contributed by atoms with van der Waals surface area (Å²) in [5.74, 6) is 0.481. The molecule has 0 aliphatic carbocycles. The number of hydrogen-bond acceptors (Lipinski definition) is 4. The van der Waals surface area contributed by atoms with Gasteiger partial charge in [0.2, 0.25) is 0 Å². The van der Waals surface area contributed by atoms with E-state index in [0.29, 0.717) is 24.9 Å². The monoisotopic (exact) mass is 294 g/mol. The van der Waals surface area contributed by atoms with Gasteiger partial charge in [0, 0.05) is 18.8 Å². The second-order valence-electron chi connectivity index (χ2n) is 5.85. The Labute approximate surface area is 126 Å². The molecule has 1 rings (SSSR count). The van der Waals surface area contributed by atoms with Crippen LogP contribution in [0.15, 0.2) is 12.1 Å². The number of carboxylic acids is 1. The quantitative estimate of drug-likeness (QED) is 0.683. The Bertz CT molecular complexity index is 459. The van der Waals surface area contributed by atoms with Crippen molar-refractivity contribution in [3.8, 4) is 0 Å².